The molecule has 2 aromatic rings. The fourth-order valence-electron chi connectivity index (χ4n) is 1.84. The highest BCUT2D eigenvalue weighted by Gasteiger charge is 2.16. The van der Waals surface area contributed by atoms with Gasteiger partial charge in [-0.3, -0.25) is 0 Å². The first-order valence-corrected chi connectivity index (χ1v) is 6.77. The number of nitrogens with zero attached hydrogens (tertiary/aromatic N) is 4. The number of ether oxygens (including phenoxy) is 2. The molecule has 22 heavy (non-hydrogen) atoms. The van der Waals surface area contributed by atoms with Crippen LogP contribution in [0.15, 0.2) is 24.5 Å². The normalized spacial score (nSPS) is 10.7. The van der Waals surface area contributed by atoms with Crippen molar-refractivity contribution in [1.82, 2.24) is 15.2 Å². The molecule has 0 bridgehead atoms. The Labute approximate surface area is 131 Å². The van der Waals surface area contributed by atoms with E-state index < -0.39 is 0 Å². The van der Waals surface area contributed by atoms with E-state index in [1.807, 2.05) is 21.0 Å². The van der Waals surface area contributed by atoms with Crippen LogP contribution < -0.4 is 9.64 Å². The van der Waals surface area contributed by atoms with Gasteiger partial charge in [-0.25, -0.2) is 4.98 Å². The number of rotatable bonds is 6. The summed E-state index contributed by atoms with van der Waals surface area (Å²) in [5, 5.41) is 7.83. The van der Waals surface area contributed by atoms with Gasteiger partial charge in [0.2, 0.25) is 0 Å². The molecule has 0 aliphatic carbocycles. The quantitative estimate of drug-likeness (QED) is 0.462. The zero-order valence-electron chi connectivity index (χ0n) is 13.8. The summed E-state index contributed by atoms with van der Waals surface area (Å²) in [4.78, 5) is 5.89. The summed E-state index contributed by atoms with van der Waals surface area (Å²) in [6.07, 6.45) is 5.31. The van der Waals surface area contributed by atoms with Gasteiger partial charge in [-0.05, 0) is 25.1 Å². The van der Waals surface area contributed by atoms with E-state index in [1.54, 1.807) is 23.1 Å². The minimum Gasteiger partial charge on any atom is -0.467 e. The lowest BCUT2D eigenvalue weighted by Gasteiger charge is -2.16. The topological polar surface area (TPSA) is 60.4 Å². The van der Waals surface area contributed by atoms with Crippen molar-refractivity contribution in [2.45, 2.75) is 6.92 Å². The van der Waals surface area contributed by atoms with Crippen LogP contribution in [0.25, 0.3) is 11.3 Å². The Bertz CT molecular complexity index is 729. The predicted octanol–water partition coefficient (Wildman–Crippen LogP) is 1.96. The molecule has 0 unspecified atom stereocenters. The highest BCUT2D eigenvalue weighted by atomic mass is 16.7. The first kappa shape index (κ1) is 14.3. The number of hydrogen-bond donors (Lipinski definition) is 0. The van der Waals surface area contributed by atoms with Crippen LogP contribution in [0.3, 0.4) is 0 Å². The summed E-state index contributed by atoms with van der Waals surface area (Å²) < 4.78 is 18.4. The minimum atomic E-state index is -0.144. The largest absolute Gasteiger partial charge is 0.467 e. The summed E-state index contributed by atoms with van der Waals surface area (Å²) in [7, 11) is 3.65. The Balaban J connectivity index is 2.52. The second-order valence-corrected chi connectivity index (χ2v) is 4.59. The molecule has 0 saturated heterocycles. The molecular formula is C16H18N4O2. The van der Waals surface area contributed by atoms with Crippen molar-refractivity contribution in [2.75, 3.05) is 32.4 Å². The van der Waals surface area contributed by atoms with Crippen molar-refractivity contribution in [3.8, 4) is 29.4 Å². The fourth-order valence-corrected chi connectivity index (χ4v) is 1.84. The highest BCUT2D eigenvalue weighted by molar-refractivity contribution is 5.76. The van der Waals surface area contributed by atoms with Crippen LogP contribution in [0.2, 0.25) is 0 Å². The molecule has 0 aliphatic rings. The SMILES string of the molecule is [2H]c1nnc(-c2ccc(C#C)cc2OCOCC)c(N(C)C)n1. The van der Waals surface area contributed by atoms with Crippen LogP contribution in [0.5, 0.6) is 5.75 Å². The van der Waals surface area contributed by atoms with Crippen LogP contribution in [-0.2, 0) is 4.74 Å². The molecule has 0 fully saturated rings. The monoisotopic (exact) mass is 299 g/mol. The van der Waals surface area contributed by atoms with Gasteiger partial charge in [0, 0.05) is 31.8 Å². The van der Waals surface area contributed by atoms with E-state index in [1.165, 1.54) is 0 Å². The van der Waals surface area contributed by atoms with Gasteiger partial charge in [-0.1, -0.05) is 5.92 Å². The van der Waals surface area contributed by atoms with E-state index in [-0.39, 0.29) is 13.1 Å². The van der Waals surface area contributed by atoms with Gasteiger partial charge in [-0.15, -0.1) is 16.6 Å². The first-order chi connectivity index (χ1) is 11.1. The van der Waals surface area contributed by atoms with Crippen LogP contribution in [0.1, 0.15) is 13.9 Å². The van der Waals surface area contributed by atoms with Crippen molar-refractivity contribution in [3.05, 3.63) is 30.1 Å². The molecule has 1 heterocycles. The zero-order chi connectivity index (χ0) is 16.8. The standard InChI is InChI=1S/C16H18N4O2/c1-5-12-7-8-13(14(9-12)22-11-21-6-2)15-16(20(3)4)17-10-18-19-15/h1,7-10H,6,11H2,2-4H3/i10D. The van der Waals surface area contributed by atoms with Gasteiger partial charge in [0.15, 0.2) is 12.6 Å². The minimum absolute atomic E-state index is 0.103. The summed E-state index contributed by atoms with van der Waals surface area (Å²) in [6.45, 7) is 2.53. The smallest absolute Gasteiger partial charge is 0.189 e. The third-order valence-electron chi connectivity index (χ3n) is 2.89. The van der Waals surface area contributed by atoms with Crippen molar-refractivity contribution in [3.63, 3.8) is 0 Å². The summed E-state index contributed by atoms with van der Waals surface area (Å²) >= 11 is 0. The molecule has 0 radical (unpaired) electrons. The maximum absolute atomic E-state index is 7.55. The van der Waals surface area contributed by atoms with Gasteiger partial charge < -0.3 is 14.4 Å². The Kier molecular flexibility index (Phi) is 4.80. The lowest BCUT2D eigenvalue weighted by atomic mass is 10.1. The number of terminal acetylenes is 1. The maximum atomic E-state index is 7.55. The van der Waals surface area contributed by atoms with E-state index in [0.29, 0.717) is 35.0 Å². The zero-order valence-corrected chi connectivity index (χ0v) is 12.8. The van der Waals surface area contributed by atoms with Crippen molar-refractivity contribution in [2.24, 2.45) is 0 Å². The maximum Gasteiger partial charge on any atom is 0.189 e. The van der Waals surface area contributed by atoms with E-state index in [2.05, 4.69) is 21.1 Å². The van der Waals surface area contributed by atoms with Crippen LogP contribution in [0, 0.1) is 12.3 Å². The van der Waals surface area contributed by atoms with Crippen LogP contribution in [0.4, 0.5) is 5.82 Å². The van der Waals surface area contributed by atoms with Crippen LogP contribution >= 0.6 is 0 Å². The van der Waals surface area contributed by atoms with E-state index in [9.17, 15) is 0 Å². The second kappa shape index (κ2) is 7.38. The molecule has 1 aromatic heterocycles. The Morgan fingerprint density at radius 2 is 2.23 bits per heavy atom. The van der Waals surface area contributed by atoms with Crippen molar-refractivity contribution < 1.29 is 10.8 Å². The molecule has 0 aliphatic heterocycles. The van der Waals surface area contributed by atoms with Gasteiger partial charge in [0.25, 0.3) is 0 Å². The Morgan fingerprint density at radius 3 is 2.91 bits per heavy atom. The van der Waals surface area contributed by atoms with E-state index in [4.69, 9.17) is 17.3 Å². The lowest BCUT2D eigenvalue weighted by Crippen LogP contribution is -2.13. The molecule has 0 amide bonds. The highest BCUT2D eigenvalue weighted by Crippen LogP contribution is 2.33. The Hall–Kier alpha value is -2.65. The predicted molar refractivity (Wildman–Crippen MR) is 84.6 cm³/mol. The molecule has 0 atom stereocenters. The molecule has 0 saturated carbocycles. The van der Waals surface area contributed by atoms with Crippen molar-refractivity contribution in [1.29, 1.82) is 0 Å². The lowest BCUT2D eigenvalue weighted by molar-refractivity contribution is 0.0227. The summed E-state index contributed by atoms with van der Waals surface area (Å²) in [5.41, 5.74) is 1.89. The van der Waals surface area contributed by atoms with E-state index in [0.717, 1.165) is 0 Å². The average Bonchev–Trinajstić information content (AvgIpc) is 2.55. The fraction of sp³-hybridized carbons (Fsp3) is 0.312. The molecular weight excluding hydrogens is 280 g/mol. The molecule has 1 aromatic carbocycles. The molecule has 0 spiro atoms. The number of benzene rings is 1. The van der Waals surface area contributed by atoms with Gasteiger partial charge in [0.05, 0.1) is 0 Å². The average molecular weight is 299 g/mol. The number of hydrogen-bond acceptors (Lipinski definition) is 6. The summed E-state index contributed by atoms with van der Waals surface area (Å²) in [5.74, 6) is 3.63. The Morgan fingerprint density at radius 1 is 1.41 bits per heavy atom. The molecule has 114 valence electrons. The summed E-state index contributed by atoms with van der Waals surface area (Å²) in [6, 6.07) is 5.33. The van der Waals surface area contributed by atoms with E-state index >= 15 is 0 Å². The molecule has 2 rings (SSSR count). The van der Waals surface area contributed by atoms with Gasteiger partial charge in [0.1, 0.15) is 19.1 Å². The molecule has 6 nitrogen and oxygen atoms in total. The van der Waals surface area contributed by atoms with Gasteiger partial charge >= 0.3 is 0 Å². The van der Waals surface area contributed by atoms with Crippen molar-refractivity contribution >= 4 is 5.82 Å². The third kappa shape index (κ3) is 3.51. The third-order valence-corrected chi connectivity index (χ3v) is 2.89. The first-order valence-electron chi connectivity index (χ1n) is 7.27. The molecule has 0 N–H and O–H groups in total. The van der Waals surface area contributed by atoms with Crippen LogP contribution in [-0.4, -0.2) is 42.7 Å². The van der Waals surface area contributed by atoms with Gasteiger partial charge in [-0.2, -0.15) is 0 Å². The second-order valence-electron chi connectivity index (χ2n) is 4.59. The molecule has 6 heteroatoms. The number of anilines is 1. The number of aromatic nitrogens is 3.